The van der Waals surface area contributed by atoms with Crippen molar-refractivity contribution in [2.24, 2.45) is 0 Å². The molecule has 1 unspecified atom stereocenters. The molecule has 0 amide bonds. The largest absolute Gasteiger partial charge is 0.481 e. The predicted molar refractivity (Wildman–Crippen MR) is 86.5 cm³/mol. The molecule has 2 N–H and O–H groups in total. The Morgan fingerprint density at radius 1 is 1.30 bits per heavy atom. The van der Waals surface area contributed by atoms with E-state index in [4.69, 9.17) is 12.2 Å². The number of aliphatic carboxylic acids is 1. The second-order valence-corrected chi connectivity index (χ2v) is 5.77. The van der Waals surface area contributed by atoms with E-state index in [-0.39, 0.29) is 0 Å². The predicted octanol–water partition coefficient (Wildman–Crippen LogP) is 3.26. The molecular weight excluding hydrogens is 272 g/mol. The minimum atomic E-state index is -0.846. The molecule has 0 aliphatic heterocycles. The van der Waals surface area contributed by atoms with Gasteiger partial charge in [0, 0.05) is 19.8 Å². The Morgan fingerprint density at radius 3 is 2.35 bits per heavy atom. The quantitative estimate of drug-likeness (QED) is 0.835. The van der Waals surface area contributed by atoms with Crippen molar-refractivity contribution in [3.63, 3.8) is 0 Å². The molecule has 0 aromatic heterocycles. The molecule has 1 atom stereocenters. The molecule has 0 radical (unpaired) electrons. The number of hydrogen-bond donors (Lipinski definition) is 2. The third-order valence-electron chi connectivity index (χ3n) is 3.23. The average molecular weight is 294 g/mol. The molecule has 1 aromatic rings. The number of thiocarbonyl (C=S) groups is 1. The molecule has 0 aliphatic rings. The van der Waals surface area contributed by atoms with Crippen LogP contribution in [0.5, 0.6) is 0 Å². The van der Waals surface area contributed by atoms with Crippen LogP contribution >= 0.6 is 12.2 Å². The topological polar surface area (TPSA) is 52.6 Å². The Balaban J connectivity index is 3.23. The lowest BCUT2D eigenvalue weighted by Crippen LogP contribution is -2.28. The number of carboxylic acid groups (broad SMARTS) is 1. The molecular formula is C15H22N2O2S. The lowest BCUT2D eigenvalue weighted by atomic mass is 9.94. The summed E-state index contributed by atoms with van der Waals surface area (Å²) in [5.41, 5.74) is 2.66. The number of hydrogen-bond acceptors (Lipinski definition) is 2. The number of carbonyl (C=O) groups is 1. The van der Waals surface area contributed by atoms with Gasteiger partial charge in [-0.2, -0.15) is 0 Å². The third kappa shape index (κ3) is 3.93. The number of nitrogens with one attached hydrogen (secondary N) is 1. The van der Waals surface area contributed by atoms with Crippen molar-refractivity contribution in [2.45, 2.75) is 32.6 Å². The molecule has 110 valence electrons. The first-order valence-electron chi connectivity index (χ1n) is 6.59. The Morgan fingerprint density at radius 2 is 1.90 bits per heavy atom. The SMILES string of the molecule is CC(C)c1ccc(C(C)C(=O)O)c(NC(=S)N(C)C)c1. The minimum absolute atomic E-state index is 0.373. The van der Waals surface area contributed by atoms with E-state index in [1.54, 1.807) is 11.8 Å². The summed E-state index contributed by atoms with van der Waals surface area (Å²) in [6.07, 6.45) is 0. The molecule has 0 heterocycles. The Labute approximate surface area is 125 Å². The zero-order chi connectivity index (χ0) is 15.4. The number of anilines is 1. The zero-order valence-electron chi connectivity index (χ0n) is 12.6. The molecule has 0 spiro atoms. The molecule has 5 heteroatoms. The van der Waals surface area contributed by atoms with Gasteiger partial charge in [-0.25, -0.2) is 0 Å². The van der Waals surface area contributed by atoms with Crippen LogP contribution in [-0.4, -0.2) is 35.2 Å². The first kappa shape index (κ1) is 16.4. The van der Waals surface area contributed by atoms with Crippen molar-refractivity contribution in [3.05, 3.63) is 29.3 Å². The maximum atomic E-state index is 11.2. The Kier molecular flexibility index (Phi) is 5.51. The van der Waals surface area contributed by atoms with Gasteiger partial charge in [-0.3, -0.25) is 4.79 Å². The highest BCUT2D eigenvalue weighted by molar-refractivity contribution is 7.80. The Bertz CT molecular complexity index is 513. The van der Waals surface area contributed by atoms with E-state index >= 15 is 0 Å². The van der Waals surface area contributed by atoms with Gasteiger partial charge in [0.2, 0.25) is 0 Å². The molecule has 0 bridgehead atoms. The highest BCUT2D eigenvalue weighted by Gasteiger charge is 2.19. The maximum absolute atomic E-state index is 11.2. The molecule has 0 saturated heterocycles. The summed E-state index contributed by atoms with van der Waals surface area (Å²) < 4.78 is 0. The van der Waals surface area contributed by atoms with Gasteiger partial charge in [0.1, 0.15) is 0 Å². The van der Waals surface area contributed by atoms with Crippen LogP contribution in [0.15, 0.2) is 18.2 Å². The first-order chi connectivity index (χ1) is 9.23. The van der Waals surface area contributed by atoms with Crippen LogP contribution in [-0.2, 0) is 4.79 Å². The molecule has 4 nitrogen and oxygen atoms in total. The van der Waals surface area contributed by atoms with Crippen LogP contribution in [0.4, 0.5) is 5.69 Å². The van der Waals surface area contributed by atoms with E-state index < -0.39 is 11.9 Å². The highest BCUT2D eigenvalue weighted by Crippen LogP contribution is 2.29. The first-order valence-corrected chi connectivity index (χ1v) is 6.99. The number of nitrogens with zero attached hydrogens (tertiary/aromatic N) is 1. The number of carboxylic acids is 1. The van der Waals surface area contributed by atoms with Gasteiger partial charge < -0.3 is 15.3 Å². The number of benzene rings is 1. The summed E-state index contributed by atoms with van der Waals surface area (Å²) in [6.45, 7) is 5.88. The summed E-state index contributed by atoms with van der Waals surface area (Å²) in [6, 6.07) is 5.83. The van der Waals surface area contributed by atoms with Crippen LogP contribution < -0.4 is 5.32 Å². The van der Waals surface area contributed by atoms with Crippen molar-refractivity contribution < 1.29 is 9.90 Å². The normalized spacial score (nSPS) is 12.1. The van der Waals surface area contributed by atoms with Crippen LogP contribution in [0.3, 0.4) is 0 Å². The van der Waals surface area contributed by atoms with Crippen LogP contribution in [0, 0.1) is 0 Å². The second-order valence-electron chi connectivity index (χ2n) is 5.39. The van der Waals surface area contributed by atoms with E-state index in [1.165, 1.54) is 0 Å². The number of rotatable bonds is 4. The standard InChI is InChI=1S/C15H22N2O2S/c1-9(2)11-6-7-12(10(3)14(18)19)13(8-11)16-15(20)17(4)5/h6-10H,1-5H3,(H,16,20)(H,18,19). The van der Waals surface area contributed by atoms with Gasteiger partial charge in [-0.05, 0) is 42.3 Å². The Hall–Kier alpha value is -1.62. The second kappa shape index (κ2) is 6.70. The molecule has 0 aliphatic carbocycles. The lowest BCUT2D eigenvalue weighted by molar-refractivity contribution is -0.138. The zero-order valence-corrected chi connectivity index (χ0v) is 13.4. The van der Waals surface area contributed by atoms with Crippen LogP contribution in [0.25, 0.3) is 0 Å². The van der Waals surface area contributed by atoms with Crippen molar-refractivity contribution >= 4 is 29.0 Å². The van der Waals surface area contributed by atoms with E-state index in [2.05, 4.69) is 19.2 Å². The van der Waals surface area contributed by atoms with Gasteiger partial charge in [0.25, 0.3) is 0 Å². The van der Waals surface area contributed by atoms with Gasteiger partial charge in [0.15, 0.2) is 5.11 Å². The van der Waals surface area contributed by atoms with Crippen molar-refractivity contribution in [1.29, 1.82) is 0 Å². The fourth-order valence-corrected chi connectivity index (χ4v) is 1.89. The van der Waals surface area contributed by atoms with Gasteiger partial charge in [-0.1, -0.05) is 26.0 Å². The third-order valence-corrected chi connectivity index (χ3v) is 3.70. The fraction of sp³-hybridized carbons (Fsp3) is 0.467. The van der Waals surface area contributed by atoms with Gasteiger partial charge >= 0.3 is 5.97 Å². The molecule has 20 heavy (non-hydrogen) atoms. The molecule has 1 aromatic carbocycles. The summed E-state index contributed by atoms with van der Waals surface area (Å²) in [5.74, 6) is -1.05. The summed E-state index contributed by atoms with van der Waals surface area (Å²) >= 11 is 5.25. The molecule has 0 saturated carbocycles. The fourth-order valence-electron chi connectivity index (χ4n) is 1.78. The average Bonchev–Trinajstić information content (AvgIpc) is 2.37. The van der Waals surface area contributed by atoms with E-state index in [9.17, 15) is 9.90 Å². The maximum Gasteiger partial charge on any atom is 0.310 e. The van der Waals surface area contributed by atoms with Crippen LogP contribution in [0.1, 0.15) is 43.7 Å². The summed E-state index contributed by atoms with van der Waals surface area (Å²) in [5, 5.41) is 12.9. The van der Waals surface area contributed by atoms with E-state index in [0.29, 0.717) is 11.0 Å². The van der Waals surface area contributed by atoms with Crippen molar-refractivity contribution in [3.8, 4) is 0 Å². The smallest absolute Gasteiger partial charge is 0.310 e. The van der Waals surface area contributed by atoms with Crippen LogP contribution in [0.2, 0.25) is 0 Å². The van der Waals surface area contributed by atoms with Gasteiger partial charge in [-0.15, -0.1) is 0 Å². The van der Waals surface area contributed by atoms with Crippen molar-refractivity contribution in [1.82, 2.24) is 4.90 Å². The van der Waals surface area contributed by atoms with E-state index in [0.717, 1.165) is 16.8 Å². The summed E-state index contributed by atoms with van der Waals surface area (Å²) in [4.78, 5) is 13.0. The molecule has 1 rings (SSSR count). The van der Waals surface area contributed by atoms with Gasteiger partial charge in [0.05, 0.1) is 5.92 Å². The van der Waals surface area contributed by atoms with E-state index in [1.807, 2.05) is 32.3 Å². The lowest BCUT2D eigenvalue weighted by Gasteiger charge is -2.21. The molecule has 0 fully saturated rings. The highest BCUT2D eigenvalue weighted by atomic mass is 32.1. The monoisotopic (exact) mass is 294 g/mol. The van der Waals surface area contributed by atoms with Crippen molar-refractivity contribution in [2.75, 3.05) is 19.4 Å². The summed E-state index contributed by atoms with van der Waals surface area (Å²) in [7, 11) is 3.70. The minimum Gasteiger partial charge on any atom is -0.481 e.